The number of aromatic nitrogens is 2. The number of rotatable bonds is 7. The van der Waals surface area contributed by atoms with Crippen molar-refractivity contribution in [2.24, 2.45) is 10.9 Å². The molecule has 1 aromatic heterocycles. The number of aryl methyl sites for hydroxylation is 2. The molecule has 1 aliphatic heterocycles. The summed E-state index contributed by atoms with van der Waals surface area (Å²) in [6, 6.07) is 10.2. The molecule has 1 fully saturated rings. The summed E-state index contributed by atoms with van der Waals surface area (Å²) in [5, 5.41) is 8.10. The highest BCUT2D eigenvalue weighted by molar-refractivity contribution is 14.0. The zero-order valence-corrected chi connectivity index (χ0v) is 21.0. The predicted octanol–water partition coefficient (Wildman–Crippen LogP) is 3.58. The van der Waals surface area contributed by atoms with E-state index in [1.165, 1.54) is 5.56 Å². The van der Waals surface area contributed by atoms with E-state index >= 15 is 0 Å². The van der Waals surface area contributed by atoms with Gasteiger partial charge in [-0.15, -0.1) is 24.0 Å². The summed E-state index contributed by atoms with van der Waals surface area (Å²) < 4.78 is 7.15. The zero-order valence-electron chi connectivity index (χ0n) is 18.7. The fraction of sp³-hybridized carbons (Fsp3) is 0.522. The summed E-state index contributed by atoms with van der Waals surface area (Å²) in [5.41, 5.74) is 3.40. The lowest BCUT2D eigenvalue weighted by Crippen LogP contribution is -2.48. The van der Waals surface area contributed by atoms with Crippen LogP contribution in [-0.2, 0) is 16.0 Å². The molecule has 1 saturated heterocycles. The molecule has 3 rings (SSSR count). The van der Waals surface area contributed by atoms with Crippen molar-refractivity contribution < 1.29 is 9.53 Å². The Hall–Kier alpha value is -2.10. The van der Waals surface area contributed by atoms with Gasteiger partial charge < -0.3 is 15.0 Å². The first-order valence-electron chi connectivity index (χ1n) is 10.8. The molecule has 1 aromatic carbocycles. The number of benzene rings is 1. The van der Waals surface area contributed by atoms with Gasteiger partial charge in [0, 0.05) is 32.9 Å². The van der Waals surface area contributed by atoms with E-state index in [0.29, 0.717) is 13.2 Å². The Bertz CT molecular complexity index is 853. The summed E-state index contributed by atoms with van der Waals surface area (Å²) in [7, 11) is 1.80. The molecule has 0 amide bonds. The second-order valence-corrected chi connectivity index (χ2v) is 7.63. The molecule has 7 nitrogen and oxygen atoms in total. The first-order chi connectivity index (χ1) is 14.6. The fourth-order valence-electron chi connectivity index (χ4n) is 3.89. The van der Waals surface area contributed by atoms with Crippen molar-refractivity contribution in [2.45, 2.75) is 39.5 Å². The van der Waals surface area contributed by atoms with Crippen LogP contribution in [0.25, 0.3) is 5.69 Å². The number of guanidine groups is 1. The quantitative estimate of drug-likeness (QED) is 0.192. The van der Waals surface area contributed by atoms with E-state index in [4.69, 9.17) is 4.74 Å². The molecule has 0 spiro atoms. The maximum Gasteiger partial charge on any atom is 0.310 e. The molecule has 8 heteroatoms. The number of aliphatic imine (C=N–C) groups is 1. The molecular weight excluding hydrogens is 505 g/mol. The molecule has 170 valence electrons. The van der Waals surface area contributed by atoms with Gasteiger partial charge in [0.05, 0.1) is 23.9 Å². The van der Waals surface area contributed by atoms with Gasteiger partial charge in [-0.2, -0.15) is 5.10 Å². The SMILES string of the molecule is CCOC(=O)C1CCCN(C(=NC)NCCCc2cn(-c3ccccc3)nc2C)C1.I. The number of carbonyl (C=O) groups is 1. The number of nitrogens with zero attached hydrogens (tertiary/aromatic N) is 4. The molecule has 0 bridgehead atoms. The van der Waals surface area contributed by atoms with Crippen LogP contribution in [0.4, 0.5) is 0 Å². The van der Waals surface area contributed by atoms with Crippen LogP contribution < -0.4 is 5.32 Å². The number of likely N-dealkylation sites (tertiary alicyclic amines) is 1. The van der Waals surface area contributed by atoms with E-state index in [2.05, 4.69) is 45.6 Å². The van der Waals surface area contributed by atoms with E-state index in [9.17, 15) is 4.79 Å². The van der Waals surface area contributed by atoms with Crippen molar-refractivity contribution in [1.82, 2.24) is 20.0 Å². The lowest BCUT2D eigenvalue weighted by atomic mass is 9.98. The number of para-hydroxylation sites is 1. The first kappa shape index (κ1) is 25.2. The smallest absolute Gasteiger partial charge is 0.310 e. The number of halogens is 1. The van der Waals surface area contributed by atoms with E-state index in [-0.39, 0.29) is 35.9 Å². The van der Waals surface area contributed by atoms with E-state index in [1.807, 2.05) is 29.8 Å². The van der Waals surface area contributed by atoms with Crippen molar-refractivity contribution in [2.75, 3.05) is 33.3 Å². The average molecular weight is 539 g/mol. The van der Waals surface area contributed by atoms with Crippen molar-refractivity contribution in [3.8, 4) is 5.69 Å². The lowest BCUT2D eigenvalue weighted by molar-refractivity contribution is -0.149. The first-order valence-corrected chi connectivity index (χ1v) is 10.8. The number of esters is 1. The standard InChI is InChI=1S/C23H33N5O2.HI/c1-4-30-22(29)20-11-9-15-27(16-20)23(24-3)25-14-8-10-19-17-28(26-18(19)2)21-12-6-5-7-13-21;/h5-7,12-13,17,20H,4,8-11,14-16H2,1-3H3,(H,24,25);1H. The Morgan fingerprint density at radius 2 is 2.10 bits per heavy atom. The van der Waals surface area contributed by atoms with Crippen molar-refractivity contribution in [3.05, 3.63) is 47.8 Å². The maximum absolute atomic E-state index is 12.1. The number of nitrogens with one attached hydrogen (secondary N) is 1. The van der Waals surface area contributed by atoms with Crippen molar-refractivity contribution in [1.29, 1.82) is 0 Å². The Labute approximate surface area is 202 Å². The highest BCUT2D eigenvalue weighted by atomic mass is 127. The van der Waals surface area contributed by atoms with Gasteiger partial charge in [0.15, 0.2) is 5.96 Å². The number of carbonyl (C=O) groups excluding carboxylic acids is 1. The van der Waals surface area contributed by atoms with Crippen LogP contribution in [0.15, 0.2) is 41.5 Å². The summed E-state index contributed by atoms with van der Waals surface area (Å²) in [6.07, 6.45) is 5.91. The van der Waals surface area contributed by atoms with Crippen LogP contribution >= 0.6 is 24.0 Å². The molecule has 0 radical (unpaired) electrons. The molecule has 31 heavy (non-hydrogen) atoms. The summed E-state index contributed by atoms with van der Waals surface area (Å²) in [6.45, 7) is 6.75. The van der Waals surface area contributed by atoms with Crippen LogP contribution in [0.1, 0.15) is 37.4 Å². The number of piperidine rings is 1. The van der Waals surface area contributed by atoms with Gasteiger partial charge in [-0.1, -0.05) is 18.2 Å². The summed E-state index contributed by atoms with van der Waals surface area (Å²) in [4.78, 5) is 18.7. The van der Waals surface area contributed by atoms with Gasteiger partial charge in [-0.05, 0) is 57.2 Å². The van der Waals surface area contributed by atoms with E-state index in [1.54, 1.807) is 7.05 Å². The normalized spacial score (nSPS) is 16.5. The van der Waals surface area contributed by atoms with Gasteiger partial charge in [-0.3, -0.25) is 9.79 Å². The number of hydrogen-bond acceptors (Lipinski definition) is 4. The lowest BCUT2D eigenvalue weighted by Gasteiger charge is -2.33. The van der Waals surface area contributed by atoms with E-state index in [0.717, 1.165) is 56.1 Å². The molecule has 1 aliphatic rings. The summed E-state index contributed by atoms with van der Waals surface area (Å²) >= 11 is 0. The van der Waals surface area contributed by atoms with Crippen LogP contribution in [0.5, 0.6) is 0 Å². The highest BCUT2D eigenvalue weighted by Crippen LogP contribution is 2.18. The predicted molar refractivity (Wildman–Crippen MR) is 134 cm³/mol. The molecule has 0 saturated carbocycles. The largest absolute Gasteiger partial charge is 0.466 e. The van der Waals surface area contributed by atoms with Gasteiger partial charge in [0.2, 0.25) is 0 Å². The minimum Gasteiger partial charge on any atom is -0.466 e. The molecule has 1 N–H and O–H groups in total. The van der Waals surface area contributed by atoms with E-state index < -0.39 is 0 Å². The second-order valence-electron chi connectivity index (χ2n) is 7.63. The molecule has 0 aliphatic carbocycles. The zero-order chi connectivity index (χ0) is 21.3. The van der Waals surface area contributed by atoms with Crippen LogP contribution in [0.2, 0.25) is 0 Å². The molecular formula is C23H34IN5O2. The van der Waals surface area contributed by atoms with Crippen LogP contribution in [0, 0.1) is 12.8 Å². The Kier molecular flexibility index (Phi) is 10.3. The number of ether oxygens (including phenoxy) is 1. The Balaban J connectivity index is 0.00000341. The van der Waals surface area contributed by atoms with Crippen LogP contribution in [0.3, 0.4) is 0 Å². The van der Waals surface area contributed by atoms with Crippen molar-refractivity contribution in [3.63, 3.8) is 0 Å². The minimum atomic E-state index is -0.0939. The topological polar surface area (TPSA) is 71.8 Å². The monoisotopic (exact) mass is 539 g/mol. The fourth-order valence-corrected chi connectivity index (χ4v) is 3.89. The molecule has 2 heterocycles. The average Bonchev–Trinajstić information content (AvgIpc) is 3.15. The van der Waals surface area contributed by atoms with Gasteiger partial charge in [0.1, 0.15) is 0 Å². The maximum atomic E-state index is 12.1. The van der Waals surface area contributed by atoms with Gasteiger partial charge in [0.25, 0.3) is 0 Å². The van der Waals surface area contributed by atoms with Crippen LogP contribution in [-0.4, -0.2) is 59.9 Å². The van der Waals surface area contributed by atoms with Gasteiger partial charge >= 0.3 is 5.97 Å². The molecule has 2 aromatic rings. The second kappa shape index (κ2) is 12.7. The van der Waals surface area contributed by atoms with Crippen molar-refractivity contribution >= 4 is 35.9 Å². The minimum absolute atomic E-state index is 0. The summed E-state index contributed by atoms with van der Waals surface area (Å²) in [5.74, 6) is 0.702. The number of hydrogen-bond donors (Lipinski definition) is 1. The third-order valence-electron chi connectivity index (χ3n) is 5.48. The van der Waals surface area contributed by atoms with Gasteiger partial charge in [-0.25, -0.2) is 4.68 Å². The third kappa shape index (κ3) is 6.95. The Morgan fingerprint density at radius 3 is 2.81 bits per heavy atom. The molecule has 1 atom stereocenters. The Morgan fingerprint density at radius 1 is 1.32 bits per heavy atom. The molecule has 1 unspecified atom stereocenters. The third-order valence-corrected chi connectivity index (χ3v) is 5.48. The highest BCUT2D eigenvalue weighted by Gasteiger charge is 2.28.